The van der Waals surface area contributed by atoms with Crippen molar-refractivity contribution in [2.45, 2.75) is 70.0 Å². The first kappa shape index (κ1) is 44.9. The molecule has 0 aromatic rings. The lowest BCUT2D eigenvalue weighted by Gasteiger charge is -2.19. The number of nitrogens with one attached hydrogen (secondary N) is 9. The molecule has 0 aliphatic carbocycles. The van der Waals surface area contributed by atoms with Gasteiger partial charge in [-0.2, -0.15) is 0 Å². The normalized spacial score (nSPS) is 17.2. The molecule has 2 atom stereocenters. The van der Waals surface area contributed by atoms with E-state index in [2.05, 4.69) is 65.6 Å². The highest BCUT2D eigenvalue weighted by atomic mass is 31.0. The number of nitrogens with zero attached hydrogens (tertiary/aromatic N) is 2. The Morgan fingerprint density at radius 1 is 0.717 bits per heavy atom. The van der Waals surface area contributed by atoms with Crippen molar-refractivity contribution in [1.82, 2.24) is 47.0 Å². The topological polar surface area (TPSA) is 301 Å². The van der Waals surface area contributed by atoms with Crippen LogP contribution in [0.1, 0.15) is 51.9 Å². The third-order valence-corrected chi connectivity index (χ3v) is 7.75. The quantitative estimate of drug-likeness (QED) is 0.0293. The Balaban J connectivity index is 0.00000454. The van der Waals surface area contributed by atoms with Crippen LogP contribution in [-0.2, 0) is 47.9 Å². The largest absolute Gasteiger partial charge is 0.381 e. The van der Waals surface area contributed by atoms with Gasteiger partial charge in [0.25, 0.3) is 0 Å². The highest BCUT2D eigenvalue weighted by Gasteiger charge is 2.38. The van der Waals surface area contributed by atoms with Crippen LogP contribution in [0.25, 0.3) is 0 Å². The standard InChI is InChI=1S/C30H49N9O10.2H2NP/c1-4-49-14-7-24(42)37-19(15-25(43)35-10-8-33-22(40)5-12-38-27(45)17-20(31-2)29(38)47)16-26(44)36-11-9-34-23(41)6-13-39-28(46)18-21(32-3)30(39)48;2*1-2/h19-21,31-32H,4-18H2,1-3H3,(H,33,40)(H,34,41)(H,35,43)(H,36,44)(H,37,42);2*1-2H/i/hD2. The van der Waals surface area contributed by atoms with Crippen LogP contribution < -0.4 is 37.2 Å². The zero-order valence-electron chi connectivity index (χ0n) is 32.2. The van der Waals surface area contributed by atoms with Gasteiger partial charge in [-0.15, -0.1) is 0 Å². The summed E-state index contributed by atoms with van der Waals surface area (Å²) >= 11 is 0. The lowest BCUT2D eigenvalue weighted by atomic mass is 10.1. The van der Waals surface area contributed by atoms with Crippen LogP contribution in [0.4, 0.5) is 0 Å². The van der Waals surface area contributed by atoms with Gasteiger partial charge in [-0.25, -0.2) is 0 Å². The van der Waals surface area contributed by atoms with E-state index in [1.165, 1.54) is 0 Å². The van der Waals surface area contributed by atoms with E-state index in [0.29, 0.717) is 6.61 Å². The second-order valence-corrected chi connectivity index (χ2v) is 11.4. The second-order valence-electron chi connectivity index (χ2n) is 11.4. The van der Waals surface area contributed by atoms with Crippen LogP contribution in [0.5, 0.6) is 0 Å². The van der Waals surface area contributed by atoms with Gasteiger partial charge in [0.1, 0.15) is 0 Å². The summed E-state index contributed by atoms with van der Waals surface area (Å²) in [6.45, 7) is 2.53. The summed E-state index contributed by atoms with van der Waals surface area (Å²) < 4.78 is 16.7. The van der Waals surface area contributed by atoms with E-state index in [1.54, 1.807) is 21.0 Å². The Morgan fingerprint density at radius 2 is 1.09 bits per heavy atom. The molecule has 0 spiro atoms. The molecule has 2 fully saturated rings. The van der Waals surface area contributed by atoms with Gasteiger partial charge >= 0.3 is 0 Å². The molecule has 2 saturated heterocycles. The van der Waals surface area contributed by atoms with Gasteiger partial charge in [0.2, 0.25) is 53.2 Å². The van der Waals surface area contributed by atoms with E-state index < -0.39 is 47.7 Å². The number of hydrogen-bond donors (Lipinski definition) is 9. The van der Waals surface area contributed by atoms with Crippen molar-refractivity contribution in [3.05, 3.63) is 0 Å². The number of carbonyl (C=O) groups excluding carboxylic acids is 9. The van der Waals surface area contributed by atoms with Crippen molar-refractivity contribution < 1.29 is 50.7 Å². The van der Waals surface area contributed by atoms with Gasteiger partial charge in [-0.3, -0.25) is 63.3 Å². The average Bonchev–Trinajstić information content (AvgIpc) is 3.57. The molecule has 298 valence electrons. The molecule has 9 N–H and O–H groups in total. The molecule has 0 radical (unpaired) electrons. The zero-order valence-corrected chi connectivity index (χ0v) is 32.2. The van der Waals surface area contributed by atoms with E-state index in [1.807, 2.05) is 0 Å². The molecule has 0 saturated carbocycles. The maximum absolute atomic E-state index is 12.6. The Bertz CT molecular complexity index is 1270. The summed E-state index contributed by atoms with van der Waals surface area (Å²) in [6, 6.07) is -2.03. The van der Waals surface area contributed by atoms with Crippen molar-refractivity contribution in [3.63, 3.8) is 0 Å². The molecule has 23 heteroatoms. The SMILES string of the molecule is CCOCCC(=O)NC(CC(=O)NCCNC(=O)CCN1C(=O)CC(NC)C1=O)CC(=O)NCCNC(=O)CCN1C(=O)CC(NC)C1=O.[2H]N=P.[2H]N=P. The Hall–Kier alpha value is -4.29. The number of hydrogen-bond acceptors (Lipinski definition) is 14. The van der Waals surface area contributed by atoms with E-state index in [9.17, 15) is 43.2 Å². The number of ether oxygens (including phenoxy) is 1. The molecule has 2 aliphatic rings. The van der Waals surface area contributed by atoms with Crippen molar-refractivity contribution in [2.24, 2.45) is 0 Å². The molecular weight excluding hydrogens is 736 g/mol. The van der Waals surface area contributed by atoms with E-state index >= 15 is 0 Å². The van der Waals surface area contributed by atoms with E-state index in [-0.39, 0.29) is 114 Å². The second kappa shape index (κ2) is 28.2. The van der Waals surface area contributed by atoms with Gasteiger partial charge in [0, 0.05) is 84.0 Å². The summed E-state index contributed by atoms with van der Waals surface area (Å²) in [4.78, 5) is 112. The fourth-order valence-corrected chi connectivity index (χ4v) is 5.07. The fraction of sp³-hybridized carbons (Fsp3) is 0.700. The predicted octanol–water partition coefficient (Wildman–Crippen LogP) is -2.60. The maximum Gasteiger partial charge on any atom is 0.246 e. The van der Waals surface area contributed by atoms with Crippen LogP contribution in [0, 0.1) is 10.3 Å². The molecule has 0 aromatic carbocycles. The molecule has 53 heavy (non-hydrogen) atoms. The molecule has 21 nitrogen and oxygen atoms in total. The molecule has 0 bridgehead atoms. The fourth-order valence-electron chi connectivity index (χ4n) is 5.07. The van der Waals surface area contributed by atoms with Gasteiger partial charge in [-0.1, -0.05) is 0 Å². The van der Waals surface area contributed by atoms with Gasteiger partial charge in [-0.05, 0) is 39.1 Å². The number of likely N-dealkylation sites (N-methyl/N-ethyl adjacent to an activating group) is 2. The van der Waals surface area contributed by atoms with Gasteiger partial charge in [0.05, 0.1) is 31.5 Å². The summed E-state index contributed by atoms with van der Waals surface area (Å²) in [5.74, 6) is -3.64. The first-order valence-corrected chi connectivity index (χ1v) is 17.7. The van der Waals surface area contributed by atoms with Crippen molar-refractivity contribution >= 4 is 71.2 Å². The lowest BCUT2D eigenvalue weighted by Crippen LogP contribution is -2.44. The third-order valence-electron chi connectivity index (χ3n) is 7.75. The van der Waals surface area contributed by atoms with E-state index in [4.69, 9.17) is 7.56 Å². The molecular formula is C30H53N11O10P2. The number of rotatable bonds is 23. The monoisotopic (exact) mass is 791 g/mol. The summed E-state index contributed by atoms with van der Waals surface area (Å²) in [7, 11) is 8.11. The summed E-state index contributed by atoms with van der Waals surface area (Å²) in [5, 5.41) is 23.7. The van der Waals surface area contributed by atoms with Crippen molar-refractivity contribution in [3.8, 4) is 0 Å². The van der Waals surface area contributed by atoms with E-state index in [0.717, 1.165) is 9.80 Å². The Morgan fingerprint density at radius 3 is 1.43 bits per heavy atom. The van der Waals surface area contributed by atoms with Crippen LogP contribution in [-0.4, -0.2) is 148 Å². The minimum Gasteiger partial charge on any atom is -0.381 e. The minimum atomic E-state index is -0.854. The third kappa shape index (κ3) is 18.9. The Kier molecular flexibility index (Phi) is 23.9. The van der Waals surface area contributed by atoms with Crippen molar-refractivity contribution in [1.29, 1.82) is 10.3 Å². The molecule has 9 amide bonds. The maximum atomic E-state index is 12.6. The minimum absolute atomic E-state index is 0.0279. The highest BCUT2D eigenvalue weighted by Crippen LogP contribution is 2.14. The number of likely N-dealkylation sites (tertiary alicyclic amines) is 2. The zero-order chi connectivity index (χ0) is 41.8. The lowest BCUT2D eigenvalue weighted by molar-refractivity contribution is -0.141. The molecule has 2 aliphatic heterocycles. The van der Waals surface area contributed by atoms with Crippen LogP contribution in [0.3, 0.4) is 0 Å². The summed E-state index contributed by atoms with van der Waals surface area (Å²) in [6.07, 6.45) is -0.518. The van der Waals surface area contributed by atoms with Crippen LogP contribution >= 0.6 is 18.1 Å². The first-order chi connectivity index (χ1) is 26.2. The van der Waals surface area contributed by atoms with Gasteiger partial charge in [0.15, 0.2) is 2.82 Å². The summed E-state index contributed by atoms with van der Waals surface area (Å²) in [5.41, 5.74) is 0. The molecule has 2 unspecified atom stereocenters. The molecule has 0 aromatic heterocycles. The number of imide groups is 2. The number of carbonyl (C=O) groups is 9. The van der Waals surface area contributed by atoms with Crippen LogP contribution in [0.15, 0.2) is 0 Å². The average molecular weight is 792 g/mol. The molecule has 2 rings (SSSR count). The Labute approximate surface area is 315 Å². The number of amides is 9. The van der Waals surface area contributed by atoms with Crippen LogP contribution in [0.2, 0.25) is 2.82 Å². The predicted molar refractivity (Wildman–Crippen MR) is 194 cm³/mol. The molecule has 2 heterocycles. The highest BCUT2D eigenvalue weighted by molar-refractivity contribution is 7.02. The first-order valence-electron chi connectivity index (χ1n) is 17.7. The smallest absolute Gasteiger partial charge is 0.246 e. The van der Waals surface area contributed by atoms with Gasteiger partial charge < -0.3 is 42.0 Å². The van der Waals surface area contributed by atoms with Crippen molar-refractivity contribution in [2.75, 3.05) is 66.6 Å².